The van der Waals surface area contributed by atoms with E-state index in [1.54, 1.807) is 18.9 Å². The first-order valence-electron chi connectivity index (χ1n) is 5.32. The highest BCUT2D eigenvalue weighted by atomic mass is 16.4. The van der Waals surface area contributed by atoms with E-state index in [2.05, 4.69) is 5.16 Å². The van der Waals surface area contributed by atoms with Crippen LogP contribution in [0.15, 0.2) is 5.16 Å². The Morgan fingerprint density at radius 1 is 1.53 bits per heavy atom. The summed E-state index contributed by atoms with van der Waals surface area (Å²) in [5, 5.41) is 11.4. The van der Waals surface area contributed by atoms with Crippen LogP contribution in [-0.2, 0) is 4.79 Å². The Balaban J connectivity index is 2.58. The Bertz CT molecular complexity index is 259. The van der Waals surface area contributed by atoms with E-state index in [0.717, 1.165) is 25.7 Å². The van der Waals surface area contributed by atoms with Crippen molar-refractivity contribution >= 4 is 11.7 Å². The lowest BCUT2D eigenvalue weighted by atomic mass is 10.1. The fourth-order valence-corrected chi connectivity index (χ4v) is 1.93. The first-order chi connectivity index (χ1) is 7.07. The van der Waals surface area contributed by atoms with Gasteiger partial charge in [0.2, 0.25) is 5.91 Å². The van der Waals surface area contributed by atoms with Crippen molar-refractivity contribution in [2.24, 2.45) is 16.8 Å². The Morgan fingerprint density at radius 3 is 2.53 bits per heavy atom. The van der Waals surface area contributed by atoms with Gasteiger partial charge in [0, 0.05) is 13.0 Å². The summed E-state index contributed by atoms with van der Waals surface area (Å²) in [7, 11) is 1.70. The van der Waals surface area contributed by atoms with E-state index < -0.39 is 0 Å². The molecule has 0 radical (unpaired) electrons. The molecule has 3 N–H and O–H groups in total. The first kappa shape index (κ1) is 11.8. The summed E-state index contributed by atoms with van der Waals surface area (Å²) >= 11 is 0. The number of carbonyl (C=O) groups is 1. The molecule has 5 nitrogen and oxygen atoms in total. The Labute approximate surface area is 89.9 Å². The molecule has 1 rings (SSSR count). The number of carbonyl (C=O) groups excluding carboxylic acids is 1. The van der Waals surface area contributed by atoms with Gasteiger partial charge in [-0.05, 0) is 19.8 Å². The minimum Gasteiger partial charge on any atom is -0.409 e. The van der Waals surface area contributed by atoms with Crippen LogP contribution in [0.25, 0.3) is 0 Å². The number of amides is 1. The average Bonchev–Trinajstić information content (AvgIpc) is 2.78. The maximum Gasteiger partial charge on any atom is 0.226 e. The van der Waals surface area contributed by atoms with Crippen molar-refractivity contribution in [3.05, 3.63) is 0 Å². The number of amidine groups is 1. The molecule has 1 unspecified atom stereocenters. The number of hydrogen-bond acceptors (Lipinski definition) is 3. The molecule has 1 fully saturated rings. The Kier molecular flexibility index (Phi) is 3.94. The molecule has 0 saturated heterocycles. The zero-order valence-electron chi connectivity index (χ0n) is 9.31. The van der Waals surface area contributed by atoms with Gasteiger partial charge in [0.1, 0.15) is 0 Å². The van der Waals surface area contributed by atoms with Crippen LogP contribution in [0.1, 0.15) is 32.6 Å². The van der Waals surface area contributed by atoms with Crippen molar-refractivity contribution in [3.63, 3.8) is 0 Å². The van der Waals surface area contributed by atoms with Crippen LogP contribution in [0.4, 0.5) is 0 Å². The first-order valence-corrected chi connectivity index (χ1v) is 5.32. The third-order valence-corrected chi connectivity index (χ3v) is 3.18. The fraction of sp³-hybridized carbons (Fsp3) is 0.800. The third kappa shape index (κ3) is 2.61. The molecular formula is C10H19N3O2. The number of likely N-dealkylation sites (N-methyl/N-ethyl adjacent to an activating group) is 1. The molecule has 1 amide bonds. The van der Waals surface area contributed by atoms with Crippen molar-refractivity contribution in [3.8, 4) is 0 Å². The van der Waals surface area contributed by atoms with Gasteiger partial charge in [0.25, 0.3) is 0 Å². The molecule has 0 aromatic heterocycles. The molecule has 86 valence electrons. The minimum atomic E-state index is -0.344. The molecule has 0 bridgehead atoms. The van der Waals surface area contributed by atoms with E-state index in [4.69, 9.17) is 10.9 Å². The zero-order chi connectivity index (χ0) is 11.4. The maximum absolute atomic E-state index is 11.9. The van der Waals surface area contributed by atoms with Crippen molar-refractivity contribution in [2.75, 3.05) is 7.05 Å². The van der Waals surface area contributed by atoms with Crippen LogP contribution in [0, 0.1) is 5.92 Å². The second kappa shape index (κ2) is 5.00. The molecule has 1 saturated carbocycles. The Hall–Kier alpha value is -1.26. The van der Waals surface area contributed by atoms with Crippen molar-refractivity contribution in [1.29, 1.82) is 0 Å². The number of hydrogen-bond donors (Lipinski definition) is 2. The van der Waals surface area contributed by atoms with E-state index in [1.165, 1.54) is 0 Å². The quantitative estimate of drug-likeness (QED) is 0.314. The smallest absolute Gasteiger partial charge is 0.226 e. The summed E-state index contributed by atoms with van der Waals surface area (Å²) in [6, 6.07) is -0.344. The maximum atomic E-state index is 11.9. The lowest BCUT2D eigenvalue weighted by Crippen LogP contribution is -2.45. The van der Waals surface area contributed by atoms with Gasteiger partial charge in [-0.3, -0.25) is 4.79 Å². The standard InChI is InChI=1S/C10H19N3O2/c1-7(9(11)12-15)13(2)10(14)8-5-3-4-6-8/h7-8,15H,3-6H2,1-2H3,(H2,11,12). The molecule has 1 atom stereocenters. The Morgan fingerprint density at radius 2 is 2.07 bits per heavy atom. The highest BCUT2D eigenvalue weighted by Gasteiger charge is 2.28. The summed E-state index contributed by atoms with van der Waals surface area (Å²) in [4.78, 5) is 13.5. The lowest BCUT2D eigenvalue weighted by Gasteiger charge is -2.26. The molecule has 5 heteroatoms. The lowest BCUT2D eigenvalue weighted by molar-refractivity contribution is -0.134. The van der Waals surface area contributed by atoms with Gasteiger partial charge in [-0.15, -0.1) is 0 Å². The van der Waals surface area contributed by atoms with Crippen LogP contribution in [0.3, 0.4) is 0 Å². The van der Waals surface area contributed by atoms with E-state index >= 15 is 0 Å². The van der Waals surface area contributed by atoms with Crippen molar-refractivity contribution < 1.29 is 10.0 Å². The van der Waals surface area contributed by atoms with Crippen LogP contribution in [0.5, 0.6) is 0 Å². The van der Waals surface area contributed by atoms with Crippen LogP contribution < -0.4 is 5.73 Å². The number of nitrogens with two attached hydrogens (primary N) is 1. The molecule has 0 spiro atoms. The van der Waals surface area contributed by atoms with Gasteiger partial charge >= 0.3 is 0 Å². The number of rotatable bonds is 3. The summed E-state index contributed by atoms with van der Waals surface area (Å²) in [5.74, 6) is 0.305. The SMILES string of the molecule is CC(C(N)=NO)N(C)C(=O)C1CCCC1. The van der Waals surface area contributed by atoms with Gasteiger partial charge in [-0.2, -0.15) is 0 Å². The van der Waals surface area contributed by atoms with E-state index in [9.17, 15) is 4.79 Å². The van der Waals surface area contributed by atoms with Crippen LogP contribution in [-0.4, -0.2) is 34.9 Å². The summed E-state index contributed by atoms with van der Waals surface area (Å²) < 4.78 is 0. The number of nitrogens with zero attached hydrogens (tertiary/aromatic N) is 2. The summed E-state index contributed by atoms with van der Waals surface area (Å²) in [6.45, 7) is 1.75. The molecular weight excluding hydrogens is 194 g/mol. The van der Waals surface area contributed by atoms with E-state index in [1.807, 2.05) is 0 Å². The molecule has 0 aromatic rings. The fourth-order valence-electron chi connectivity index (χ4n) is 1.93. The number of oxime groups is 1. The van der Waals surface area contributed by atoms with Crippen LogP contribution >= 0.6 is 0 Å². The topological polar surface area (TPSA) is 78.9 Å². The summed E-state index contributed by atoms with van der Waals surface area (Å²) in [5.41, 5.74) is 5.46. The monoisotopic (exact) mass is 213 g/mol. The van der Waals surface area contributed by atoms with E-state index in [-0.39, 0.29) is 23.7 Å². The minimum absolute atomic E-state index is 0.0730. The van der Waals surface area contributed by atoms with Gasteiger partial charge in [-0.25, -0.2) is 0 Å². The van der Waals surface area contributed by atoms with Crippen molar-refractivity contribution in [2.45, 2.75) is 38.6 Å². The third-order valence-electron chi connectivity index (χ3n) is 3.18. The molecule has 0 aliphatic heterocycles. The average molecular weight is 213 g/mol. The predicted octanol–water partition coefficient (Wildman–Crippen LogP) is 0.770. The molecule has 0 aromatic carbocycles. The van der Waals surface area contributed by atoms with E-state index in [0.29, 0.717) is 0 Å². The van der Waals surface area contributed by atoms with Gasteiger partial charge in [0.05, 0.1) is 6.04 Å². The van der Waals surface area contributed by atoms with Gasteiger partial charge < -0.3 is 15.8 Å². The van der Waals surface area contributed by atoms with Crippen molar-refractivity contribution in [1.82, 2.24) is 4.90 Å². The molecule has 1 aliphatic carbocycles. The predicted molar refractivity (Wildman–Crippen MR) is 57.6 cm³/mol. The normalized spacial score (nSPS) is 20.3. The van der Waals surface area contributed by atoms with Gasteiger partial charge in [0.15, 0.2) is 5.84 Å². The molecule has 15 heavy (non-hydrogen) atoms. The molecule has 0 heterocycles. The molecule has 1 aliphatic rings. The van der Waals surface area contributed by atoms with Gasteiger partial charge in [-0.1, -0.05) is 18.0 Å². The highest BCUT2D eigenvalue weighted by Crippen LogP contribution is 2.26. The summed E-state index contributed by atoms with van der Waals surface area (Å²) in [6.07, 6.45) is 4.18. The second-order valence-electron chi connectivity index (χ2n) is 4.13. The van der Waals surface area contributed by atoms with Crippen LogP contribution in [0.2, 0.25) is 0 Å². The largest absolute Gasteiger partial charge is 0.409 e. The zero-order valence-corrected chi connectivity index (χ0v) is 9.31. The second-order valence-corrected chi connectivity index (χ2v) is 4.13. The highest BCUT2D eigenvalue weighted by molar-refractivity contribution is 5.90.